The molecule has 3 heteroatoms. The molecule has 1 heterocycles. The molecule has 0 spiro atoms. The summed E-state index contributed by atoms with van der Waals surface area (Å²) in [5.74, 6) is 0.226. The molecule has 2 nitrogen and oxygen atoms in total. The average Bonchev–Trinajstić information content (AvgIpc) is 2.92. The number of ketones is 1. The Morgan fingerprint density at radius 2 is 1.74 bits per heavy atom. The molecule has 106 valence electrons. The second-order valence-electron chi connectivity index (χ2n) is 4.72. The normalized spacial score (nSPS) is 16.6. The van der Waals surface area contributed by atoms with Crippen molar-refractivity contribution in [3.8, 4) is 0 Å². The third-order valence-corrected chi connectivity index (χ3v) is 3.65. The highest BCUT2D eigenvalue weighted by Crippen LogP contribution is 2.22. The van der Waals surface area contributed by atoms with E-state index in [0.717, 1.165) is 30.2 Å². The maximum Gasteiger partial charge on any atom is 0.138 e. The zero-order valence-corrected chi connectivity index (χ0v) is 12.9. The van der Waals surface area contributed by atoms with E-state index < -0.39 is 0 Å². The third kappa shape index (κ3) is 4.96. The SMILES string of the molecule is CC.CC(=O)C(CN1CCCC1)c1ccc(Cl)cc1. The van der Waals surface area contributed by atoms with Gasteiger partial charge in [0.25, 0.3) is 0 Å². The van der Waals surface area contributed by atoms with Gasteiger partial charge < -0.3 is 4.90 Å². The minimum Gasteiger partial charge on any atom is -0.302 e. The van der Waals surface area contributed by atoms with Gasteiger partial charge in [0.15, 0.2) is 0 Å². The van der Waals surface area contributed by atoms with Gasteiger partial charge in [-0.3, -0.25) is 4.79 Å². The van der Waals surface area contributed by atoms with Crippen LogP contribution in [0, 0.1) is 0 Å². The summed E-state index contributed by atoms with van der Waals surface area (Å²) < 4.78 is 0. The molecule has 0 radical (unpaired) electrons. The zero-order valence-electron chi connectivity index (χ0n) is 12.2. The summed E-state index contributed by atoms with van der Waals surface area (Å²) in [6, 6.07) is 7.64. The van der Waals surface area contributed by atoms with Crippen LogP contribution in [0.2, 0.25) is 5.02 Å². The molecule has 0 aromatic heterocycles. The zero-order chi connectivity index (χ0) is 14.3. The van der Waals surface area contributed by atoms with Gasteiger partial charge in [-0.2, -0.15) is 0 Å². The minimum absolute atomic E-state index is 0.00892. The molecule has 19 heavy (non-hydrogen) atoms. The summed E-state index contributed by atoms with van der Waals surface area (Å²) >= 11 is 5.87. The van der Waals surface area contributed by atoms with Crippen LogP contribution in [0.3, 0.4) is 0 Å². The Morgan fingerprint density at radius 1 is 1.21 bits per heavy atom. The number of carbonyl (C=O) groups excluding carboxylic acids is 1. The Kier molecular flexibility index (Phi) is 7.11. The smallest absolute Gasteiger partial charge is 0.138 e. The van der Waals surface area contributed by atoms with Gasteiger partial charge in [0.1, 0.15) is 5.78 Å². The van der Waals surface area contributed by atoms with Crippen molar-refractivity contribution in [2.45, 2.75) is 39.5 Å². The summed E-state index contributed by atoms with van der Waals surface area (Å²) in [7, 11) is 0. The van der Waals surface area contributed by atoms with Crippen LogP contribution >= 0.6 is 11.6 Å². The lowest BCUT2D eigenvalue weighted by Gasteiger charge is -2.21. The Labute approximate surface area is 121 Å². The maximum atomic E-state index is 11.8. The average molecular weight is 282 g/mol. The number of rotatable bonds is 4. The van der Waals surface area contributed by atoms with E-state index in [2.05, 4.69) is 4.90 Å². The molecule has 0 bridgehead atoms. The van der Waals surface area contributed by atoms with Crippen LogP contribution in [0.15, 0.2) is 24.3 Å². The summed E-state index contributed by atoms with van der Waals surface area (Å²) in [6.07, 6.45) is 2.51. The van der Waals surface area contributed by atoms with Crippen molar-refractivity contribution in [1.29, 1.82) is 0 Å². The molecule has 1 fully saturated rings. The quantitative estimate of drug-likeness (QED) is 0.827. The van der Waals surface area contributed by atoms with E-state index in [1.165, 1.54) is 12.8 Å². The van der Waals surface area contributed by atoms with Gasteiger partial charge in [-0.25, -0.2) is 0 Å². The van der Waals surface area contributed by atoms with E-state index in [4.69, 9.17) is 11.6 Å². The van der Waals surface area contributed by atoms with Crippen LogP contribution in [-0.2, 0) is 4.79 Å². The number of carbonyl (C=O) groups is 1. The molecule has 0 N–H and O–H groups in total. The van der Waals surface area contributed by atoms with Gasteiger partial charge in [-0.15, -0.1) is 0 Å². The van der Waals surface area contributed by atoms with Gasteiger partial charge in [0.05, 0.1) is 5.92 Å². The molecule has 0 amide bonds. The molecule has 1 aromatic carbocycles. The number of Topliss-reactive ketones (excluding diaryl/α,β-unsaturated/α-hetero) is 1. The number of hydrogen-bond donors (Lipinski definition) is 0. The number of likely N-dealkylation sites (tertiary alicyclic amines) is 1. The monoisotopic (exact) mass is 281 g/mol. The first-order chi connectivity index (χ1) is 9.16. The molecular formula is C16H24ClNO. The summed E-state index contributed by atoms with van der Waals surface area (Å²) in [5, 5.41) is 0.720. The van der Waals surface area contributed by atoms with Gasteiger partial charge in [-0.05, 0) is 50.6 Å². The van der Waals surface area contributed by atoms with Gasteiger partial charge in [0, 0.05) is 11.6 Å². The predicted octanol–water partition coefficient (Wildman–Crippen LogP) is 4.13. The fourth-order valence-corrected chi connectivity index (χ4v) is 2.51. The highest BCUT2D eigenvalue weighted by Gasteiger charge is 2.22. The third-order valence-electron chi connectivity index (χ3n) is 3.40. The molecule has 1 aromatic rings. The highest BCUT2D eigenvalue weighted by atomic mass is 35.5. The van der Waals surface area contributed by atoms with Crippen LogP contribution in [-0.4, -0.2) is 30.3 Å². The van der Waals surface area contributed by atoms with Crippen molar-refractivity contribution in [3.63, 3.8) is 0 Å². The molecule has 1 aliphatic rings. The van der Waals surface area contributed by atoms with Crippen molar-refractivity contribution < 1.29 is 4.79 Å². The molecule has 2 rings (SSSR count). The van der Waals surface area contributed by atoms with E-state index in [1.807, 2.05) is 38.1 Å². The van der Waals surface area contributed by atoms with Crippen LogP contribution in [0.4, 0.5) is 0 Å². The van der Waals surface area contributed by atoms with E-state index in [9.17, 15) is 4.79 Å². The van der Waals surface area contributed by atoms with Crippen molar-refractivity contribution in [2.24, 2.45) is 0 Å². The van der Waals surface area contributed by atoms with Crippen molar-refractivity contribution in [3.05, 3.63) is 34.9 Å². The summed E-state index contributed by atoms with van der Waals surface area (Å²) in [4.78, 5) is 14.1. The fraction of sp³-hybridized carbons (Fsp3) is 0.562. The minimum atomic E-state index is -0.00892. The Morgan fingerprint density at radius 3 is 2.21 bits per heavy atom. The van der Waals surface area contributed by atoms with Gasteiger partial charge >= 0.3 is 0 Å². The fourth-order valence-electron chi connectivity index (χ4n) is 2.39. The lowest BCUT2D eigenvalue weighted by molar-refractivity contribution is -0.118. The maximum absolute atomic E-state index is 11.8. The number of nitrogens with zero attached hydrogens (tertiary/aromatic N) is 1. The second-order valence-corrected chi connectivity index (χ2v) is 5.16. The van der Waals surface area contributed by atoms with Crippen LogP contribution < -0.4 is 0 Å². The van der Waals surface area contributed by atoms with Gasteiger partial charge in [0.2, 0.25) is 0 Å². The Bertz CT molecular complexity index is 382. The van der Waals surface area contributed by atoms with Crippen LogP contribution in [0.1, 0.15) is 45.1 Å². The summed E-state index contributed by atoms with van der Waals surface area (Å²) in [6.45, 7) is 8.76. The van der Waals surface area contributed by atoms with Gasteiger partial charge in [-0.1, -0.05) is 37.6 Å². The number of benzene rings is 1. The van der Waals surface area contributed by atoms with E-state index >= 15 is 0 Å². The van der Waals surface area contributed by atoms with E-state index in [1.54, 1.807) is 6.92 Å². The molecule has 1 atom stereocenters. The highest BCUT2D eigenvalue weighted by molar-refractivity contribution is 6.30. The first kappa shape index (κ1) is 16.2. The Balaban J connectivity index is 0.000000861. The van der Waals surface area contributed by atoms with E-state index in [-0.39, 0.29) is 11.7 Å². The molecule has 0 saturated carbocycles. The number of hydrogen-bond acceptors (Lipinski definition) is 2. The molecule has 1 unspecified atom stereocenters. The molecule has 1 aliphatic heterocycles. The first-order valence-corrected chi connectivity index (χ1v) is 7.53. The standard InChI is InChI=1S/C14H18ClNO.C2H6/c1-11(17)14(10-16-8-2-3-9-16)12-4-6-13(15)7-5-12;1-2/h4-7,14H,2-3,8-10H2,1H3;1-2H3. The van der Waals surface area contributed by atoms with E-state index in [0.29, 0.717) is 0 Å². The van der Waals surface area contributed by atoms with Crippen LogP contribution in [0.5, 0.6) is 0 Å². The topological polar surface area (TPSA) is 20.3 Å². The lowest BCUT2D eigenvalue weighted by Crippen LogP contribution is -2.28. The van der Waals surface area contributed by atoms with Crippen molar-refractivity contribution in [2.75, 3.05) is 19.6 Å². The molecule has 1 saturated heterocycles. The predicted molar refractivity (Wildman–Crippen MR) is 81.9 cm³/mol. The van der Waals surface area contributed by atoms with Crippen molar-refractivity contribution in [1.82, 2.24) is 4.90 Å². The number of halogens is 1. The molecular weight excluding hydrogens is 258 g/mol. The van der Waals surface area contributed by atoms with Crippen LogP contribution in [0.25, 0.3) is 0 Å². The lowest BCUT2D eigenvalue weighted by atomic mass is 9.95. The van der Waals surface area contributed by atoms with Crippen molar-refractivity contribution >= 4 is 17.4 Å². The Hall–Kier alpha value is -0.860. The first-order valence-electron chi connectivity index (χ1n) is 7.15. The summed E-state index contributed by atoms with van der Waals surface area (Å²) in [5.41, 5.74) is 1.08. The molecule has 0 aliphatic carbocycles. The second kappa shape index (κ2) is 8.34. The largest absolute Gasteiger partial charge is 0.302 e.